The van der Waals surface area contributed by atoms with Crippen LogP contribution < -0.4 is 10.9 Å². The molecule has 25 heavy (non-hydrogen) atoms. The van der Waals surface area contributed by atoms with Gasteiger partial charge in [0.1, 0.15) is 0 Å². The molecule has 5 heteroatoms. The summed E-state index contributed by atoms with van der Waals surface area (Å²) in [7, 11) is 0. The van der Waals surface area contributed by atoms with Crippen LogP contribution in [0.25, 0.3) is 16.5 Å². The van der Waals surface area contributed by atoms with Gasteiger partial charge in [-0.25, -0.2) is 0 Å². The topological polar surface area (TPSA) is 64.0 Å². The molecule has 1 atom stereocenters. The SMILES string of the molecule is C[C@H](NC(=O)c1nn(-c2ccccc2)c(=O)c2ccccc12)C1CC1. The molecule has 0 bridgehead atoms. The fraction of sp³-hybridized carbons (Fsp3) is 0.250. The minimum absolute atomic E-state index is 0.116. The zero-order chi connectivity index (χ0) is 17.4. The second-order valence-electron chi connectivity index (χ2n) is 6.55. The van der Waals surface area contributed by atoms with E-state index in [1.54, 1.807) is 30.3 Å². The molecule has 0 radical (unpaired) electrons. The third-order valence-corrected chi connectivity index (χ3v) is 4.71. The summed E-state index contributed by atoms with van der Waals surface area (Å²) in [5.41, 5.74) is 0.697. The van der Waals surface area contributed by atoms with Gasteiger partial charge < -0.3 is 5.32 Å². The van der Waals surface area contributed by atoms with Crippen LogP contribution >= 0.6 is 0 Å². The molecule has 1 saturated carbocycles. The number of hydrogen-bond acceptors (Lipinski definition) is 3. The molecule has 1 aliphatic rings. The van der Waals surface area contributed by atoms with E-state index >= 15 is 0 Å². The minimum atomic E-state index is -0.236. The number of hydrogen-bond donors (Lipinski definition) is 1. The number of fused-ring (bicyclic) bond motifs is 1. The maximum atomic E-state index is 12.8. The Balaban J connectivity index is 1.86. The Morgan fingerprint density at radius 1 is 1.08 bits per heavy atom. The molecule has 0 unspecified atom stereocenters. The first-order chi connectivity index (χ1) is 12.1. The summed E-state index contributed by atoms with van der Waals surface area (Å²) < 4.78 is 1.30. The summed E-state index contributed by atoms with van der Waals surface area (Å²) in [5, 5.41) is 8.50. The quantitative estimate of drug-likeness (QED) is 0.798. The van der Waals surface area contributed by atoms with E-state index in [2.05, 4.69) is 10.4 Å². The summed E-state index contributed by atoms with van der Waals surface area (Å²) >= 11 is 0. The average Bonchev–Trinajstić information content (AvgIpc) is 3.48. The summed E-state index contributed by atoms with van der Waals surface area (Å²) in [4.78, 5) is 25.6. The minimum Gasteiger partial charge on any atom is -0.348 e. The highest BCUT2D eigenvalue weighted by atomic mass is 16.2. The van der Waals surface area contributed by atoms with Crippen molar-refractivity contribution in [2.45, 2.75) is 25.8 Å². The first-order valence-electron chi connectivity index (χ1n) is 8.53. The van der Waals surface area contributed by atoms with Gasteiger partial charge in [0.05, 0.1) is 11.1 Å². The molecule has 3 aromatic rings. The van der Waals surface area contributed by atoms with Crippen LogP contribution in [0.3, 0.4) is 0 Å². The van der Waals surface area contributed by atoms with Gasteiger partial charge in [-0.1, -0.05) is 36.4 Å². The third-order valence-electron chi connectivity index (χ3n) is 4.71. The normalized spacial score (nSPS) is 15.1. The van der Waals surface area contributed by atoms with Gasteiger partial charge in [0.15, 0.2) is 5.69 Å². The van der Waals surface area contributed by atoms with Crippen LogP contribution in [0.15, 0.2) is 59.4 Å². The summed E-state index contributed by atoms with van der Waals surface area (Å²) in [6.07, 6.45) is 2.30. The number of benzene rings is 2. The largest absolute Gasteiger partial charge is 0.348 e. The van der Waals surface area contributed by atoms with E-state index in [1.807, 2.05) is 31.2 Å². The van der Waals surface area contributed by atoms with Gasteiger partial charge in [0.2, 0.25) is 0 Å². The molecule has 126 valence electrons. The maximum absolute atomic E-state index is 12.8. The number of para-hydroxylation sites is 1. The average molecular weight is 333 g/mol. The highest BCUT2D eigenvalue weighted by Gasteiger charge is 2.30. The van der Waals surface area contributed by atoms with Crippen LogP contribution in [0, 0.1) is 5.92 Å². The second kappa shape index (κ2) is 6.16. The Labute approximate surface area is 145 Å². The predicted octanol–water partition coefficient (Wildman–Crippen LogP) is 2.91. The maximum Gasteiger partial charge on any atom is 0.279 e. The van der Waals surface area contributed by atoms with E-state index in [1.165, 1.54) is 4.68 Å². The number of nitrogens with one attached hydrogen (secondary N) is 1. The van der Waals surface area contributed by atoms with Crippen molar-refractivity contribution < 1.29 is 4.79 Å². The van der Waals surface area contributed by atoms with Gasteiger partial charge in [0, 0.05) is 11.4 Å². The second-order valence-corrected chi connectivity index (χ2v) is 6.55. The lowest BCUT2D eigenvalue weighted by Crippen LogP contribution is -2.36. The third kappa shape index (κ3) is 2.93. The highest BCUT2D eigenvalue weighted by molar-refractivity contribution is 6.05. The van der Waals surface area contributed by atoms with Gasteiger partial charge in [0.25, 0.3) is 11.5 Å². The highest BCUT2D eigenvalue weighted by Crippen LogP contribution is 2.32. The fourth-order valence-corrected chi connectivity index (χ4v) is 3.09. The molecular formula is C20H19N3O2. The molecule has 0 saturated heterocycles. The van der Waals surface area contributed by atoms with E-state index in [-0.39, 0.29) is 23.2 Å². The van der Waals surface area contributed by atoms with Gasteiger partial charge in [-0.2, -0.15) is 9.78 Å². The van der Waals surface area contributed by atoms with Crippen molar-refractivity contribution >= 4 is 16.7 Å². The van der Waals surface area contributed by atoms with Crippen LogP contribution in [-0.4, -0.2) is 21.7 Å². The lowest BCUT2D eigenvalue weighted by atomic mass is 10.1. The van der Waals surface area contributed by atoms with Crippen LogP contribution in [0.4, 0.5) is 0 Å². The molecule has 1 aromatic heterocycles. The monoisotopic (exact) mass is 333 g/mol. The van der Waals surface area contributed by atoms with E-state index in [4.69, 9.17) is 0 Å². The smallest absolute Gasteiger partial charge is 0.279 e. The lowest BCUT2D eigenvalue weighted by molar-refractivity contribution is 0.0931. The summed E-state index contributed by atoms with van der Waals surface area (Å²) in [6.45, 7) is 2.02. The van der Waals surface area contributed by atoms with Crippen molar-refractivity contribution in [1.82, 2.24) is 15.1 Å². The molecule has 0 spiro atoms. The zero-order valence-electron chi connectivity index (χ0n) is 14.0. The van der Waals surface area contributed by atoms with Crippen LogP contribution in [0.2, 0.25) is 0 Å². The van der Waals surface area contributed by atoms with Crippen molar-refractivity contribution in [3.05, 3.63) is 70.6 Å². The zero-order valence-corrected chi connectivity index (χ0v) is 14.0. The van der Waals surface area contributed by atoms with Crippen molar-refractivity contribution in [2.24, 2.45) is 5.92 Å². The standard InChI is InChI=1S/C20H19N3O2/c1-13(14-11-12-14)21-19(24)18-16-9-5-6-10-17(16)20(25)23(22-18)15-7-3-2-4-8-15/h2-10,13-14H,11-12H2,1H3,(H,21,24)/t13-/m0/s1. The van der Waals surface area contributed by atoms with Gasteiger partial charge in [-0.15, -0.1) is 0 Å². The molecule has 4 rings (SSSR count). The van der Waals surface area contributed by atoms with Crippen LogP contribution in [0.1, 0.15) is 30.3 Å². The number of aromatic nitrogens is 2. The van der Waals surface area contributed by atoms with Crippen molar-refractivity contribution in [3.8, 4) is 5.69 Å². The fourth-order valence-electron chi connectivity index (χ4n) is 3.09. The van der Waals surface area contributed by atoms with Crippen LogP contribution in [0.5, 0.6) is 0 Å². The molecule has 1 aliphatic carbocycles. The lowest BCUT2D eigenvalue weighted by Gasteiger charge is -2.15. The van der Waals surface area contributed by atoms with Crippen molar-refractivity contribution in [1.29, 1.82) is 0 Å². The van der Waals surface area contributed by atoms with Gasteiger partial charge in [-0.3, -0.25) is 9.59 Å². The Morgan fingerprint density at radius 2 is 1.72 bits per heavy atom. The molecule has 1 amide bonds. The first-order valence-corrected chi connectivity index (χ1v) is 8.53. The Morgan fingerprint density at radius 3 is 2.40 bits per heavy atom. The molecule has 1 heterocycles. The Bertz CT molecular complexity index is 991. The summed E-state index contributed by atoms with van der Waals surface area (Å²) in [6, 6.07) is 16.4. The van der Waals surface area contributed by atoms with E-state index in [0.29, 0.717) is 22.4 Å². The number of rotatable bonds is 4. The van der Waals surface area contributed by atoms with E-state index in [9.17, 15) is 9.59 Å². The number of amides is 1. The summed E-state index contributed by atoms with van der Waals surface area (Å²) in [5.74, 6) is 0.315. The van der Waals surface area contributed by atoms with Crippen molar-refractivity contribution in [3.63, 3.8) is 0 Å². The predicted molar refractivity (Wildman–Crippen MR) is 97.0 cm³/mol. The number of carbonyl (C=O) groups is 1. The molecule has 1 N–H and O–H groups in total. The van der Waals surface area contributed by atoms with E-state index < -0.39 is 0 Å². The molecule has 2 aromatic carbocycles. The number of nitrogens with zero attached hydrogens (tertiary/aromatic N) is 2. The van der Waals surface area contributed by atoms with Gasteiger partial charge in [-0.05, 0) is 43.9 Å². The first kappa shape index (κ1) is 15.6. The van der Waals surface area contributed by atoms with Gasteiger partial charge >= 0.3 is 0 Å². The van der Waals surface area contributed by atoms with Crippen molar-refractivity contribution in [2.75, 3.05) is 0 Å². The molecule has 1 fully saturated rings. The molecular weight excluding hydrogens is 314 g/mol. The Hall–Kier alpha value is -2.95. The Kier molecular flexibility index (Phi) is 3.84. The van der Waals surface area contributed by atoms with E-state index in [0.717, 1.165) is 12.8 Å². The molecule has 0 aliphatic heterocycles. The number of carbonyl (C=O) groups excluding carboxylic acids is 1. The molecule has 5 nitrogen and oxygen atoms in total. The van der Waals surface area contributed by atoms with Crippen LogP contribution in [-0.2, 0) is 0 Å².